The van der Waals surface area contributed by atoms with E-state index in [1.54, 1.807) is 0 Å². The minimum Gasteiger partial charge on any atom is -0.486 e. The number of benzene rings is 1. The number of fused-ring (bicyclic) bond motifs is 1. The van der Waals surface area contributed by atoms with E-state index in [4.69, 9.17) is 9.47 Å². The number of carbonyl (C=O) groups is 1. The number of hydrogen-bond acceptors (Lipinski definition) is 4. The van der Waals surface area contributed by atoms with Gasteiger partial charge in [-0.2, -0.15) is 0 Å². The highest BCUT2D eigenvalue weighted by Gasteiger charge is 2.43. The third-order valence-electron chi connectivity index (χ3n) is 6.37. The fourth-order valence-electron chi connectivity index (χ4n) is 4.82. The average Bonchev–Trinajstić information content (AvgIpc) is 3.23. The summed E-state index contributed by atoms with van der Waals surface area (Å²) in [6.45, 7) is 5.46. The number of nitrogens with zero attached hydrogens (tertiary/aromatic N) is 1. The van der Waals surface area contributed by atoms with E-state index in [1.807, 2.05) is 12.1 Å². The van der Waals surface area contributed by atoms with Crippen molar-refractivity contribution in [3.05, 3.63) is 23.8 Å². The second-order valence-corrected chi connectivity index (χ2v) is 8.16. The van der Waals surface area contributed by atoms with Gasteiger partial charge in [0.2, 0.25) is 5.91 Å². The fourth-order valence-corrected chi connectivity index (χ4v) is 4.82. The summed E-state index contributed by atoms with van der Waals surface area (Å²) < 4.78 is 11.4. The van der Waals surface area contributed by atoms with Crippen LogP contribution in [0.25, 0.3) is 0 Å². The molecule has 1 saturated carbocycles. The Bertz CT molecular complexity index is 649. The highest BCUT2D eigenvalue weighted by Crippen LogP contribution is 2.44. The molecule has 0 atom stereocenters. The van der Waals surface area contributed by atoms with Gasteiger partial charge < -0.3 is 19.7 Å². The molecular formula is C22H32N2O3. The molecule has 1 amide bonds. The monoisotopic (exact) mass is 372 g/mol. The Labute approximate surface area is 162 Å². The summed E-state index contributed by atoms with van der Waals surface area (Å²) in [7, 11) is 0. The van der Waals surface area contributed by atoms with Crippen LogP contribution in [0.4, 0.5) is 0 Å². The molecule has 1 saturated heterocycles. The first kappa shape index (κ1) is 18.6. The standard InChI is InChI=1S/C22H32N2O3/c25-21(23-11-6-14-24-12-4-1-5-13-24)22(9-2-3-10-22)18-7-8-19-20(17-18)27-16-15-26-19/h7-8,17H,1-6,9-16H2,(H,23,25). The quantitative estimate of drug-likeness (QED) is 0.779. The number of hydrogen-bond donors (Lipinski definition) is 1. The molecule has 2 heterocycles. The van der Waals surface area contributed by atoms with Gasteiger partial charge in [0.1, 0.15) is 13.2 Å². The first-order chi connectivity index (χ1) is 13.3. The van der Waals surface area contributed by atoms with Crippen molar-refractivity contribution in [2.45, 2.75) is 56.8 Å². The molecule has 5 nitrogen and oxygen atoms in total. The average molecular weight is 373 g/mol. The van der Waals surface area contributed by atoms with Crippen molar-refractivity contribution in [3.8, 4) is 11.5 Å². The predicted octanol–water partition coefficient (Wildman–Crippen LogP) is 3.26. The van der Waals surface area contributed by atoms with Crippen LogP contribution in [0.3, 0.4) is 0 Å². The van der Waals surface area contributed by atoms with E-state index in [0.717, 1.165) is 62.3 Å². The Balaban J connectivity index is 1.38. The molecule has 5 heteroatoms. The van der Waals surface area contributed by atoms with Crippen LogP contribution < -0.4 is 14.8 Å². The number of nitrogens with one attached hydrogen (secondary N) is 1. The van der Waals surface area contributed by atoms with Crippen molar-refractivity contribution in [3.63, 3.8) is 0 Å². The van der Waals surface area contributed by atoms with Crippen LogP contribution in [0.2, 0.25) is 0 Å². The molecule has 0 bridgehead atoms. The molecule has 148 valence electrons. The summed E-state index contributed by atoms with van der Waals surface area (Å²) >= 11 is 0. The molecule has 4 rings (SSSR count). The van der Waals surface area contributed by atoms with Crippen molar-refractivity contribution in [2.24, 2.45) is 0 Å². The lowest BCUT2D eigenvalue weighted by Crippen LogP contribution is -2.43. The lowest BCUT2D eigenvalue weighted by atomic mass is 9.77. The Morgan fingerprint density at radius 1 is 1.00 bits per heavy atom. The molecule has 2 fully saturated rings. The number of likely N-dealkylation sites (tertiary alicyclic amines) is 1. The summed E-state index contributed by atoms with van der Waals surface area (Å²) in [5, 5.41) is 3.25. The third-order valence-corrected chi connectivity index (χ3v) is 6.37. The molecule has 3 aliphatic rings. The Hall–Kier alpha value is -1.75. The van der Waals surface area contributed by atoms with Crippen LogP contribution in [0, 0.1) is 0 Å². The normalized spacial score (nSPS) is 21.8. The molecule has 0 unspecified atom stereocenters. The van der Waals surface area contributed by atoms with Gasteiger partial charge in [-0.15, -0.1) is 0 Å². The maximum absolute atomic E-state index is 13.2. The van der Waals surface area contributed by atoms with E-state index in [2.05, 4.69) is 16.3 Å². The molecule has 1 aliphatic carbocycles. The van der Waals surface area contributed by atoms with Crippen LogP contribution in [-0.2, 0) is 10.2 Å². The van der Waals surface area contributed by atoms with Crippen molar-refractivity contribution in [1.82, 2.24) is 10.2 Å². The summed E-state index contributed by atoms with van der Waals surface area (Å²) in [4.78, 5) is 15.7. The first-order valence-corrected chi connectivity index (χ1v) is 10.7. The fraction of sp³-hybridized carbons (Fsp3) is 0.682. The van der Waals surface area contributed by atoms with Crippen LogP contribution in [0.15, 0.2) is 18.2 Å². The molecule has 27 heavy (non-hydrogen) atoms. The van der Waals surface area contributed by atoms with E-state index in [9.17, 15) is 4.79 Å². The van der Waals surface area contributed by atoms with Crippen LogP contribution in [-0.4, -0.2) is 50.2 Å². The summed E-state index contributed by atoms with van der Waals surface area (Å²) in [5.74, 6) is 1.76. The zero-order chi connectivity index (χ0) is 18.5. The van der Waals surface area contributed by atoms with Crippen LogP contribution in [0.5, 0.6) is 11.5 Å². The number of carbonyl (C=O) groups excluding carboxylic acids is 1. The number of amides is 1. The van der Waals surface area contributed by atoms with E-state index in [-0.39, 0.29) is 5.91 Å². The maximum atomic E-state index is 13.2. The molecule has 1 aromatic carbocycles. The van der Waals surface area contributed by atoms with E-state index >= 15 is 0 Å². The van der Waals surface area contributed by atoms with Crippen LogP contribution >= 0.6 is 0 Å². The van der Waals surface area contributed by atoms with Gasteiger partial charge in [-0.3, -0.25) is 4.79 Å². The van der Waals surface area contributed by atoms with E-state index < -0.39 is 5.41 Å². The number of ether oxygens (including phenoxy) is 2. The Morgan fingerprint density at radius 2 is 1.74 bits per heavy atom. The van der Waals surface area contributed by atoms with Crippen molar-refractivity contribution >= 4 is 5.91 Å². The van der Waals surface area contributed by atoms with Gasteiger partial charge in [-0.05, 0) is 69.4 Å². The largest absolute Gasteiger partial charge is 0.486 e. The van der Waals surface area contributed by atoms with Gasteiger partial charge in [-0.1, -0.05) is 25.3 Å². The van der Waals surface area contributed by atoms with Gasteiger partial charge in [0, 0.05) is 6.54 Å². The third kappa shape index (κ3) is 4.08. The SMILES string of the molecule is O=C(NCCCN1CCCCC1)C1(c2ccc3c(c2)OCCO3)CCCC1. The van der Waals surface area contributed by atoms with E-state index in [1.165, 1.54) is 32.4 Å². The minimum atomic E-state index is -0.402. The summed E-state index contributed by atoms with van der Waals surface area (Å²) in [6.07, 6.45) is 9.09. The second-order valence-electron chi connectivity index (χ2n) is 8.16. The Morgan fingerprint density at radius 3 is 2.52 bits per heavy atom. The predicted molar refractivity (Wildman–Crippen MR) is 105 cm³/mol. The summed E-state index contributed by atoms with van der Waals surface area (Å²) in [5.41, 5.74) is 0.679. The molecule has 1 N–H and O–H groups in total. The molecule has 2 aliphatic heterocycles. The van der Waals surface area contributed by atoms with Crippen molar-refractivity contribution in [1.29, 1.82) is 0 Å². The highest BCUT2D eigenvalue weighted by atomic mass is 16.6. The lowest BCUT2D eigenvalue weighted by molar-refractivity contribution is -0.126. The lowest BCUT2D eigenvalue weighted by Gasteiger charge is -2.30. The molecule has 0 radical (unpaired) electrons. The van der Waals surface area contributed by atoms with E-state index in [0.29, 0.717) is 13.2 Å². The van der Waals surface area contributed by atoms with Gasteiger partial charge in [0.15, 0.2) is 11.5 Å². The molecule has 0 spiro atoms. The molecular weight excluding hydrogens is 340 g/mol. The van der Waals surface area contributed by atoms with Crippen LogP contribution in [0.1, 0.15) is 56.9 Å². The van der Waals surface area contributed by atoms with Crippen molar-refractivity contribution in [2.75, 3.05) is 39.4 Å². The zero-order valence-electron chi connectivity index (χ0n) is 16.3. The van der Waals surface area contributed by atoms with Gasteiger partial charge in [-0.25, -0.2) is 0 Å². The second kappa shape index (κ2) is 8.51. The van der Waals surface area contributed by atoms with Gasteiger partial charge in [0.05, 0.1) is 5.41 Å². The zero-order valence-corrected chi connectivity index (χ0v) is 16.3. The summed E-state index contributed by atoms with van der Waals surface area (Å²) in [6, 6.07) is 6.06. The van der Waals surface area contributed by atoms with Gasteiger partial charge >= 0.3 is 0 Å². The number of rotatable bonds is 6. The Kier molecular flexibility index (Phi) is 5.86. The van der Waals surface area contributed by atoms with Gasteiger partial charge in [0.25, 0.3) is 0 Å². The minimum absolute atomic E-state index is 0.190. The topological polar surface area (TPSA) is 50.8 Å². The maximum Gasteiger partial charge on any atom is 0.230 e. The molecule has 1 aromatic rings. The smallest absolute Gasteiger partial charge is 0.230 e. The number of piperidine rings is 1. The van der Waals surface area contributed by atoms with Crippen molar-refractivity contribution < 1.29 is 14.3 Å². The molecule has 0 aromatic heterocycles. The first-order valence-electron chi connectivity index (χ1n) is 10.7. The highest BCUT2D eigenvalue weighted by molar-refractivity contribution is 5.88.